The van der Waals surface area contributed by atoms with Gasteiger partial charge in [0.15, 0.2) is 0 Å². The predicted octanol–water partition coefficient (Wildman–Crippen LogP) is 6.28. The van der Waals surface area contributed by atoms with Crippen LogP contribution in [0.15, 0.2) is 35.7 Å². The number of rotatable bonds is 6. The molecule has 1 saturated carbocycles. The molecule has 2 aromatic heterocycles. The van der Waals surface area contributed by atoms with Crippen LogP contribution < -0.4 is 9.47 Å². The van der Waals surface area contributed by atoms with Crippen LogP contribution in [0.3, 0.4) is 0 Å². The van der Waals surface area contributed by atoms with Crippen LogP contribution in [0.4, 0.5) is 0 Å². The van der Waals surface area contributed by atoms with Crippen molar-refractivity contribution in [1.29, 1.82) is 0 Å². The minimum absolute atomic E-state index is 0.0237. The molecule has 0 saturated heterocycles. The number of hydrogen-bond acceptors (Lipinski definition) is 7. The summed E-state index contributed by atoms with van der Waals surface area (Å²) in [5, 5.41) is 2.02. The van der Waals surface area contributed by atoms with Crippen LogP contribution >= 0.6 is 11.3 Å². The van der Waals surface area contributed by atoms with Crippen LogP contribution in [0.25, 0.3) is 21.6 Å². The lowest BCUT2D eigenvalue weighted by Crippen LogP contribution is -2.18. The van der Waals surface area contributed by atoms with E-state index in [1.807, 2.05) is 63.4 Å². The Morgan fingerprint density at radius 2 is 1.81 bits per heavy atom. The first-order valence-corrected chi connectivity index (χ1v) is 12.0. The quantitative estimate of drug-likeness (QED) is 0.406. The Labute approximate surface area is 193 Å². The second-order valence-corrected chi connectivity index (χ2v) is 9.32. The zero-order valence-electron chi connectivity index (χ0n) is 19.5. The number of ether oxygens (including phenoxy) is 3. The van der Waals surface area contributed by atoms with E-state index in [9.17, 15) is 4.79 Å². The fourth-order valence-corrected chi connectivity index (χ4v) is 4.04. The molecule has 0 amide bonds. The van der Waals surface area contributed by atoms with E-state index in [1.165, 1.54) is 12.8 Å². The maximum absolute atomic E-state index is 11.1. The van der Waals surface area contributed by atoms with Crippen LogP contribution in [0.5, 0.6) is 11.6 Å². The van der Waals surface area contributed by atoms with E-state index in [2.05, 4.69) is 4.98 Å². The van der Waals surface area contributed by atoms with E-state index in [-0.39, 0.29) is 24.1 Å². The van der Waals surface area contributed by atoms with Gasteiger partial charge in [0, 0.05) is 6.07 Å². The summed E-state index contributed by atoms with van der Waals surface area (Å²) < 4.78 is 16.3. The molecule has 1 aliphatic carbocycles. The third-order valence-corrected chi connectivity index (χ3v) is 5.87. The number of thiophene rings is 1. The number of fused-ring (bicyclic) bond motifs is 1. The van der Waals surface area contributed by atoms with Crippen molar-refractivity contribution in [3.8, 4) is 22.2 Å². The molecule has 1 aromatic carbocycles. The second kappa shape index (κ2) is 11.3. The highest BCUT2D eigenvalue weighted by Crippen LogP contribution is 2.33. The van der Waals surface area contributed by atoms with Gasteiger partial charge in [-0.15, -0.1) is 11.3 Å². The predicted molar refractivity (Wildman–Crippen MR) is 128 cm³/mol. The first-order valence-electron chi connectivity index (χ1n) is 11.1. The monoisotopic (exact) mass is 456 g/mol. The van der Waals surface area contributed by atoms with E-state index >= 15 is 0 Å². The summed E-state index contributed by atoms with van der Waals surface area (Å²) in [4.78, 5) is 21.5. The molecule has 7 heteroatoms. The van der Waals surface area contributed by atoms with Gasteiger partial charge in [0.05, 0.1) is 35.0 Å². The second-order valence-electron chi connectivity index (χ2n) is 8.37. The van der Waals surface area contributed by atoms with Crippen molar-refractivity contribution in [2.24, 2.45) is 5.92 Å². The number of carbonyl (C=O) groups is 1. The summed E-state index contributed by atoms with van der Waals surface area (Å²) in [5.74, 6) is 1.30. The topological polar surface area (TPSA) is 70.5 Å². The minimum Gasteiger partial charge on any atom is -0.497 e. The zero-order chi connectivity index (χ0) is 23.1. The van der Waals surface area contributed by atoms with Crippen molar-refractivity contribution >= 4 is 28.3 Å². The van der Waals surface area contributed by atoms with Crippen molar-refractivity contribution in [1.82, 2.24) is 9.97 Å². The Kier molecular flexibility index (Phi) is 8.45. The molecule has 2 heterocycles. The zero-order valence-corrected chi connectivity index (χ0v) is 20.3. The molecule has 0 N–H and O–H groups in total. The maximum atomic E-state index is 11.1. The normalized spacial score (nSPS) is 13.8. The molecule has 6 nitrogen and oxygen atoms in total. The summed E-state index contributed by atoms with van der Waals surface area (Å²) in [5.41, 5.74) is 2.39. The third-order valence-electron chi connectivity index (χ3n) is 5.00. The molecule has 0 atom stereocenters. The van der Waals surface area contributed by atoms with Gasteiger partial charge < -0.3 is 14.2 Å². The number of esters is 1. The number of hydrogen-bond donors (Lipinski definition) is 0. The van der Waals surface area contributed by atoms with Gasteiger partial charge in [-0.2, -0.15) is 0 Å². The lowest BCUT2D eigenvalue weighted by molar-refractivity contribution is -0.152. The summed E-state index contributed by atoms with van der Waals surface area (Å²) >= 11 is 1.63. The number of methoxy groups -OCH3 is 1. The van der Waals surface area contributed by atoms with Gasteiger partial charge in [0.1, 0.15) is 17.5 Å². The maximum Gasteiger partial charge on any atom is 0.308 e. The lowest BCUT2D eigenvalue weighted by Gasteiger charge is -2.13. The van der Waals surface area contributed by atoms with Crippen molar-refractivity contribution in [2.75, 3.05) is 7.11 Å². The van der Waals surface area contributed by atoms with Gasteiger partial charge in [0.25, 0.3) is 0 Å². The van der Waals surface area contributed by atoms with Crippen LogP contribution in [0, 0.1) is 5.92 Å². The standard InChI is InChI=1S/C16H16N2O2S.C9H16O2/c1-10(2)20-16-15(14-5-4-8-21-14)17-12-7-6-11(19-3)9-13(12)18-16;1-7(2)9(10)11-8-5-3-4-6-8/h4-10H,1-3H3;7-8H,3-6H2,1-2H3. The average molecular weight is 457 g/mol. The van der Waals surface area contributed by atoms with E-state index in [0.717, 1.165) is 40.2 Å². The summed E-state index contributed by atoms with van der Waals surface area (Å²) in [6, 6.07) is 9.69. The third kappa shape index (κ3) is 6.42. The largest absolute Gasteiger partial charge is 0.497 e. The fourth-order valence-electron chi connectivity index (χ4n) is 3.33. The van der Waals surface area contributed by atoms with E-state index in [4.69, 9.17) is 19.2 Å². The Bertz CT molecular complexity index is 1010. The van der Waals surface area contributed by atoms with Crippen LogP contribution in [0.2, 0.25) is 0 Å². The Hall–Kier alpha value is -2.67. The van der Waals surface area contributed by atoms with Crippen molar-refractivity contribution < 1.29 is 19.0 Å². The fraction of sp³-hybridized carbons (Fsp3) is 0.480. The Balaban J connectivity index is 0.000000222. The van der Waals surface area contributed by atoms with Gasteiger partial charge in [-0.3, -0.25) is 4.79 Å². The molecule has 32 heavy (non-hydrogen) atoms. The molecule has 0 radical (unpaired) electrons. The molecular weight excluding hydrogens is 424 g/mol. The number of benzene rings is 1. The average Bonchev–Trinajstić information content (AvgIpc) is 3.47. The van der Waals surface area contributed by atoms with Gasteiger partial charge in [-0.25, -0.2) is 9.97 Å². The van der Waals surface area contributed by atoms with Crippen molar-refractivity contribution in [3.05, 3.63) is 35.7 Å². The molecular formula is C25H32N2O4S. The summed E-state index contributed by atoms with van der Waals surface area (Å²) in [6.45, 7) is 7.71. The number of carbonyl (C=O) groups excluding carboxylic acids is 1. The minimum atomic E-state index is -0.0445. The van der Waals surface area contributed by atoms with Crippen LogP contribution in [-0.2, 0) is 9.53 Å². The molecule has 4 rings (SSSR count). The molecule has 172 valence electrons. The van der Waals surface area contributed by atoms with E-state index in [0.29, 0.717) is 5.88 Å². The molecule has 0 unspecified atom stereocenters. The summed E-state index contributed by atoms with van der Waals surface area (Å²) in [6.07, 6.45) is 4.84. The first-order chi connectivity index (χ1) is 15.4. The van der Waals surface area contributed by atoms with Gasteiger partial charge in [-0.05, 0) is 63.1 Å². The highest BCUT2D eigenvalue weighted by molar-refractivity contribution is 7.13. The molecule has 1 fully saturated rings. The molecule has 1 aliphatic rings. The highest BCUT2D eigenvalue weighted by atomic mass is 32.1. The summed E-state index contributed by atoms with van der Waals surface area (Å²) in [7, 11) is 1.64. The molecule has 0 bridgehead atoms. The molecule has 3 aromatic rings. The van der Waals surface area contributed by atoms with Gasteiger partial charge in [0.2, 0.25) is 5.88 Å². The van der Waals surface area contributed by atoms with Gasteiger partial charge >= 0.3 is 5.97 Å². The van der Waals surface area contributed by atoms with Crippen molar-refractivity contribution in [2.45, 2.75) is 65.6 Å². The van der Waals surface area contributed by atoms with Crippen LogP contribution in [-0.4, -0.2) is 35.3 Å². The van der Waals surface area contributed by atoms with Crippen molar-refractivity contribution in [3.63, 3.8) is 0 Å². The van der Waals surface area contributed by atoms with E-state index in [1.54, 1.807) is 18.4 Å². The highest BCUT2D eigenvalue weighted by Gasteiger charge is 2.20. The van der Waals surface area contributed by atoms with Gasteiger partial charge in [-0.1, -0.05) is 19.9 Å². The smallest absolute Gasteiger partial charge is 0.308 e. The SMILES string of the molecule is CC(C)C(=O)OC1CCCC1.COc1ccc2nc(-c3cccs3)c(OC(C)C)nc2c1. The number of nitrogens with zero attached hydrogens (tertiary/aromatic N) is 2. The number of aromatic nitrogens is 2. The lowest BCUT2D eigenvalue weighted by atomic mass is 10.2. The molecule has 0 aliphatic heterocycles. The van der Waals surface area contributed by atoms with E-state index < -0.39 is 0 Å². The van der Waals surface area contributed by atoms with Crippen LogP contribution in [0.1, 0.15) is 53.4 Å². The molecule has 0 spiro atoms. The Morgan fingerprint density at radius 3 is 2.41 bits per heavy atom. The Morgan fingerprint density at radius 1 is 1.06 bits per heavy atom. The first kappa shape index (κ1) is 24.0.